The van der Waals surface area contributed by atoms with E-state index in [1.807, 2.05) is 12.1 Å². The highest BCUT2D eigenvalue weighted by atomic mass is 19.2. The molecule has 1 amide bonds. The Bertz CT molecular complexity index is 755. The molecule has 0 unspecified atom stereocenters. The van der Waals surface area contributed by atoms with Crippen LogP contribution in [0, 0.1) is 23.5 Å². The third-order valence-corrected chi connectivity index (χ3v) is 3.60. The second kappa shape index (κ2) is 5.86. The monoisotopic (exact) mass is 325 g/mol. The smallest absolute Gasteiger partial charge is 0.253 e. The lowest BCUT2D eigenvalue weighted by Crippen LogP contribution is -2.34. The molecule has 1 aliphatic heterocycles. The van der Waals surface area contributed by atoms with Crippen LogP contribution in [0.4, 0.5) is 28.9 Å². The van der Waals surface area contributed by atoms with Crippen LogP contribution in [0.15, 0.2) is 24.3 Å². The molecule has 0 aliphatic carbocycles. The summed E-state index contributed by atoms with van der Waals surface area (Å²) >= 11 is 0. The maximum Gasteiger partial charge on any atom is 0.253 e. The van der Waals surface area contributed by atoms with E-state index in [4.69, 9.17) is 0 Å². The average molecular weight is 325 g/mol. The largest absolute Gasteiger partial charge is 0.371 e. The van der Waals surface area contributed by atoms with E-state index < -0.39 is 41.7 Å². The third kappa shape index (κ3) is 2.71. The molecule has 120 valence electrons. The molecule has 1 N–H and O–H groups in total. The molecular formula is C15H11F4N3O. The Kier molecular flexibility index (Phi) is 3.89. The maximum absolute atomic E-state index is 13.5. The first-order valence-corrected chi connectivity index (χ1v) is 6.81. The molecule has 1 aromatic carbocycles. The van der Waals surface area contributed by atoms with Crippen molar-refractivity contribution < 1.29 is 22.4 Å². The molecule has 0 saturated carbocycles. The second-order valence-electron chi connectivity index (χ2n) is 4.97. The maximum atomic E-state index is 13.5. The van der Waals surface area contributed by atoms with Gasteiger partial charge in [-0.15, -0.1) is 0 Å². The number of carbonyl (C=O) groups is 1. The lowest BCUT2D eigenvalue weighted by molar-refractivity contribution is -0.116. The second-order valence-corrected chi connectivity index (χ2v) is 4.97. The highest BCUT2D eigenvalue weighted by Gasteiger charge is 2.26. The number of amides is 1. The Morgan fingerprint density at radius 1 is 1.13 bits per heavy atom. The molecular weight excluding hydrogens is 314 g/mol. The lowest BCUT2D eigenvalue weighted by Gasteiger charge is -2.18. The third-order valence-electron chi connectivity index (χ3n) is 3.60. The van der Waals surface area contributed by atoms with Gasteiger partial charge >= 0.3 is 0 Å². The summed E-state index contributed by atoms with van der Waals surface area (Å²) in [5.41, 5.74) is 0.655. The molecule has 23 heavy (non-hydrogen) atoms. The van der Waals surface area contributed by atoms with Gasteiger partial charge in [0.2, 0.25) is 17.5 Å². The Balaban J connectivity index is 1.76. The van der Waals surface area contributed by atoms with E-state index in [2.05, 4.69) is 10.3 Å². The summed E-state index contributed by atoms with van der Waals surface area (Å²) in [7, 11) is 0. The van der Waals surface area contributed by atoms with Crippen molar-refractivity contribution in [3.8, 4) is 0 Å². The quantitative estimate of drug-likeness (QED) is 0.697. The number of aromatic nitrogens is 1. The molecule has 0 bridgehead atoms. The zero-order valence-electron chi connectivity index (χ0n) is 11.7. The molecule has 1 aliphatic rings. The zero-order valence-corrected chi connectivity index (χ0v) is 11.7. The molecule has 4 nitrogen and oxygen atoms in total. The summed E-state index contributed by atoms with van der Waals surface area (Å²) in [6.45, 7) is -0.0744. The first-order valence-electron chi connectivity index (χ1n) is 6.81. The van der Waals surface area contributed by atoms with Crippen molar-refractivity contribution in [3.63, 3.8) is 0 Å². The molecule has 3 rings (SSSR count). The van der Waals surface area contributed by atoms with Crippen LogP contribution in [0.3, 0.4) is 0 Å². The van der Waals surface area contributed by atoms with Crippen LogP contribution >= 0.6 is 0 Å². The van der Waals surface area contributed by atoms with Crippen molar-refractivity contribution in [2.24, 2.45) is 0 Å². The predicted octanol–water partition coefficient (Wildman–Crippen LogP) is 2.64. The van der Waals surface area contributed by atoms with Gasteiger partial charge in [0.15, 0.2) is 0 Å². The number of halogens is 4. The van der Waals surface area contributed by atoms with Gasteiger partial charge in [-0.25, -0.2) is 0 Å². The van der Waals surface area contributed by atoms with Gasteiger partial charge in [0.1, 0.15) is 5.69 Å². The van der Waals surface area contributed by atoms with Crippen molar-refractivity contribution in [2.75, 3.05) is 23.3 Å². The van der Waals surface area contributed by atoms with Gasteiger partial charge in [-0.3, -0.25) is 4.79 Å². The summed E-state index contributed by atoms with van der Waals surface area (Å²) in [6.07, 6.45) is 0.670. The van der Waals surface area contributed by atoms with Crippen LogP contribution in [0.2, 0.25) is 0 Å². The van der Waals surface area contributed by atoms with E-state index in [1.54, 1.807) is 12.1 Å². The number of carbonyl (C=O) groups excluding carboxylic acids is 1. The summed E-state index contributed by atoms with van der Waals surface area (Å²) in [6, 6.07) is 7.25. The number of hydrogen-bond acceptors (Lipinski definition) is 3. The van der Waals surface area contributed by atoms with E-state index >= 15 is 0 Å². The highest BCUT2D eigenvalue weighted by molar-refractivity contribution is 5.98. The number of benzene rings is 1. The average Bonchev–Trinajstić information content (AvgIpc) is 2.97. The zero-order chi connectivity index (χ0) is 16.6. The van der Waals surface area contributed by atoms with E-state index in [0.717, 1.165) is 5.56 Å². The summed E-state index contributed by atoms with van der Waals surface area (Å²) in [4.78, 5) is 16.1. The van der Waals surface area contributed by atoms with E-state index in [1.165, 1.54) is 4.90 Å². The Morgan fingerprint density at radius 3 is 2.48 bits per heavy atom. The van der Waals surface area contributed by atoms with Crippen molar-refractivity contribution in [1.82, 2.24) is 4.98 Å². The van der Waals surface area contributed by atoms with Gasteiger partial charge < -0.3 is 10.2 Å². The Hall–Kier alpha value is -2.64. The molecule has 0 fully saturated rings. The highest BCUT2D eigenvalue weighted by Crippen LogP contribution is 2.28. The predicted molar refractivity (Wildman–Crippen MR) is 75.1 cm³/mol. The van der Waals surface area contributed by atoms with E-state index in [0.29, 0.717) is 18.7 Å². The minimum absolute atomic E-state index is 0.434. The SMILES string of the molecule is O=C(CNc1c(F)c(F)nc(F)c1F)N1CCc2ccccc21. The summed E-state index contributed by atoms with van der Waals surface area (Å²) in [5, 5.41) is 2.11. The molecule has 2 heterocycles. The normalized spacial score (nSPS) is 13.1. The van der Waals surface area contributed by atoms with Crippen LogP contribution in [0.1, 0.15) is 5.56 Å². The van der Waals surface area contributed by atoms with Crippen molar-refractivity contribution in [1.29, 1.82) is 0 Å². The minimum atomic E-state index is -1.77. The molecule has 0 atom stereocenters. The van der Waals surface area contributed by atoms with Gasteiger partial charge in [-0.05, 0) is 18.1 Å². The van der Waals surface area contributed by atoms with Crippen LogP contribution in [-0.4, -0.2) is 24.0 Å². The van der Waals surface area contributed by atoms with Crippen LogP contribution in [0.25, 0.3) is 0 Å². The fourth-order valence-electron chi connectivity index (χ4n) is 2.50. The van der Waals surface area contributed by atoms with E-state index in [9.17, 15) is 22.4 Å². The molecule has 1 aromatic heterocycles. The van der Waals surface area contributed by atoms with Crippen molar-refractivity contribution in [2.45, 2.75) is 6.42 Å². The number of nitrogens with zero attached hydrogens (tertiary/aromatic N) is 2. The number of para-hydroxylation sites is 1. The van der Waals surface area contributed by atoms with Gasteiger partial charge in [-0.1, -0.05) is 18.2 Å². The number of pyridine rings is 1. The fraction of sp³-hybridized carbons (Fsp3) is 0.200. The lowest BCUT2D eigenvalue weighted by atomic mass is 10.2. The van der Waals surface area contributed by atoms with Crippen molar-refractivity contribution >= 4 is 17.3 Å². The first kappa shape index (κ1) is 15.3. The molecule has 0 saturated heterocycles. The van der Waals surface area contributed by atoms with Crippen LogP contribution in [0.5, 0.6) is 0 Å². The fourth-order valence-corrected chi connectivity index (χ4v) is 2.50. The first-order chi connectivity index (χ1) is 11.0. The van der Waals surface area contributed by atoms with Gasteiger partial charge in [0.25, 0.3) is 11.9 Å². The number of anilines is 2. The van der Waals surface area contributed by atoms with Gasteiger partial charge in [0.05, 0.1) is 6.54 Å². The molecule has 2 aromatic rings. The number of rotatable bonds is 3. The van der Waals surface area contributed by atoms with Crippen LogP contribution < -0.4 is 10.2 Å². The molecule has 8 heteroatoms. The summed E-state index contributed by atoms with van der Waals surface area (Å²) in [5.74, 6) is -7.35. The van der Waals surface area contributed by atoms with Gasteiger partial charge in [0, 0.05) is 12.2 Å². The van der Waals surface area contributed by atoms with Gasteiger partial charge in [-0.2, -0.15) is 22.5 Å². The standard InChI is InChI=1S/C15H11F4N3O/c16-11-13(12(17)15(19)21-14(11)18)20-7-10(23)22-6-5-8-3-1-2-4-9(8)22/h1-4H,5-7H2,(H,20,21). The molecule has 0 spiro atoms. The van der Waals surface area contributed by atoms with Crippen LogP contribution in [-0.2, 0) is 11.2 Å². The Morgan fingerprint density at radius 2 is 1.78 bits per heavy atom. The molecule has 0 radical (unpaired) electrons. The summed E-state index contributed by atoms with van der Waals surface area (Å²) < 4.78 is 53.0. The van der Waals surface area contributed by atoms with E-state index in [-0.39, 0.29) is 0 Å². The number of hydrogen-bond donors (Lipinski definition) is 1. The number of nitrogens with one attached hydrogen (secondary N) is 1. The topological polar surface area (TPSA) is 45.2 Å². The minimum Gasteiger partial charge on any atom is -0.371 e. The number of fused-ring (bicyclic) bond motifs is 1. The van der Waals surface area contributed by atoms with Crippen molar-refractivity contribution in [3.05, 3.63) is 53.4 Å². The Labute approximate surface area is 128 Å².